The van der Waals surface area contributed by atoms with E-state index in [0.717, 1.165) is 23.3 Å². The summed E-state index contributed by atoms with van der Waals surface area (Å²) in [5, 5.41) is 15.0. The van der Waals surface area contributed by atoms with Gasteiger partial charge in [-0.05, 0) is 51.3 Å². The zero-order valence-corrected chi connectivity index (χ0v) is 19.5. The molecule has 0 radical (unpaired) electrons. The van der Waals surface area contributed by atoms with Crippen LogP contribution in [-0.2, 0) is 21.2 Å². The monoisotopic (exact) mass is 506 g/mol. The normalized spacial score (nSPS) is 14.6. The van der Waals surface area contributed by atoms with Crippen molar-refractivity contribution in [1.82, 2.24) is 10.2 Å². The summed E-state index contributed by atoms with van der Waals surface area (Å²) in [6.45, 7) is 6.51. The Kier molecular flexibility index (Phi) is 7.21. The quantitative estimate of drug-likeness (QED) is 0.431. The Morgan fingerprint density at radius 3 is 2.67 bits per heavy atom. The Hall–Kier alpha value is -2.81. The number of halogens is 3. The number of rotatable bonds is 7. The number of ether oxygens (including phenoxy) is 1. The van der Waals surface area contributed by atoms with Gasteiger partial charge < -0.3 is 9.64 Å². The second-order valence-electron chi connectivity index (χ2n) is 7.28. The van der Waals surface area contributed by atoms with Crippen molar-refractivity contribution in [3.05, 3.63) is 22.7 Å². The van der Waals surface area contributed by atoms with Crippen molar-refractivity contribution < 1.29 is 31.1 Å². The summed E-state index contributed by atoms with van der Waals surface area (Å²) in [5.74, 6) is -0.698. The van der Waals surface area contributed by atoms with Gasteiger partial charge in [-0.3, -0.25) is 4.72 Å². The molecule has 15 heteroatoms. The lowest BCUT2D eigenvalue weighted by Crippen LogP contribution is -2.31. The molecule has 0 unspecified atom stereocenters. The van der Waals surface area contributed by atoms with Gasteiger partial charge in [0.2, 0.25) is 5.01 Å². The van der Waals surface area contributed by atoms with E-state index in [-0.39, 0.29) is 27.6 Å². The maximum absolute atomic E-state index is 13.0. The van der Waals surface area contributed by atoms with Gasteiger partial charge in [0.25, 0.3) is 5.13 Å². The standard InChI is InChI=1S/C18H21F3N6O4S2/c1-4-27-7-5-6-11-8-12(13(9-14(11)27)26-33(29,30)18(19,20)21)22-24-17-25-23-15(32-17)16(28)31-10(2)3/h8-10,26H,4-7H2,1-3H3. The van der Waals surface area contributed by atoms with Crippen molar-refractivity contribution in [2.45, 2.75) is 45.2 Å². The van der Waals surface area contributed by atoms with Gasteiger partial charge in [-0.25, -0.2) is 4.79 Å². The maximum atomic E-state index is 13.0. The fraction of sp³-hybridized carbons (Fsp3) is 0.500. The molecule has 2 aromatic rings. The lowest BCUT2D eigenvalue weighted by atomic mass is 10.0. The molecule has 10 nitrogen and oxygen atoms in total. The lowest BCUT2D eigenvalue weighted by Gasteiger charge is -2.31. The molecule has 0 amide bonds. The molecule has 33 heavy (non-hydrogen) atoms. The average Bonchev–Trinajstić information content (AvgIpc) is 3.19. The summed E-state index contributed by atoms with van der Waals surface area (Å²) in [6.07, 6.45) is 1.10. The van der Waals surface area contributed by atoms with Crippen molar-refractivity contribution in [1.29, 1.82) is 0 Å². The highest BCUT2D eigenvalue weighted by Gasteiger charge is 2.46. The van der Waals surface area contributed by atoms with Crippen molar-refractivity contribution in [2.75, 3.05) is 22.7 Å². The molecular weight excluding hydrogens is 485 g/mol. The third-order valence-corrected chi connectivity index (χ3v) is 6.40. The highest BCUT2D eigenvalue weighted by molar-refractivity contribution is 7.93. The van der Waals surface area contributed by atoms with E-state index in [1.54, 1.807) is 18.6 Å². The first kappa shape index (κ1) is 24.8. The number of azo groups is 1. The van der Waals surface area contributed by atoms with Gasteiger partial charge in [0.1, 0.15) is 5.69 Å². The highest BCUT2D eigenvalue weighted by atomic mass is 32.2. The zero-order chi connectivity index (χ0) is 24.4. The van der Waals surface area contributed by atoms with Gasteiger partial charge in [0.15, 0.2) is 0 Å². The largest absolute Gasteiger partial charge is 0.516 e. The number of alkyl halides is 3. The van der Waals surface area contributed by atoms with Crippen molar-refractivity contribution in [3.63, 3.8) is 0 Å². The molecule has 2 heterocycles. The van der Waals surface area contributed by atoms with E-state index < -0.39 is 21.5 Å². The van der Waals surface area contributed by atoms with Crippen molar-refractivity contribution in [3.8, 4) is 0 Å². The molecule has 0 bridgehead atoms. The molecule has 0 fully saturated rings. The van der Waals surface area contributed by atoms with Gasteiger partial charge in [0, 0.05) is 18.8 Å². The van der Waals surface area contributed by atoms with Crippen LogP contribution in [0.2, 0.25) is 0 Å². The summed E-state index contributed by atoms with van der Waals surface area (Å²) >= 11 is 0.774. The molecule has 0 spiro atoms. The lowest BCUT2D eigenvalue weighted by molar-refractivity contribution is -0.0429. The first-order valence-electron chi connectivity index (χ1n) is 9.88. The number of sulfonamides is 1. The minimum absolute atomic E-state index is 0.0526. The third kappa shape index (κ3) is 5.76. The highest BCUT2D eigenvalue weighted by Crippen LogP contribution is 2.39. The number of nitrogens with one attached hydrogen (secondary N) is 1. The summed E-state index contributed by atoms with van der Waals surface area (Å²) in [7, 11) is -5.68. The molecule has 0 saturated heterocycles. The SMILES string of the molecule is CCN1CCCc2cc(N=Nc3nnc(C(=O)OC(C)C)s3)c(NS(=O)(=O)C(F)(F)F)cc21. The summed E-state index contributed by atoms with van der Waals surface area (Å²) < 4.78 is 69.0. The van der Waals surface area contributed by atoms with Gasteiger partial charge >= 0.3 is 21.5 Å². The van der Waals surface area contributed by atoms with Crippen LogP contribution in [0.3, 0.4) is 0 Å². The number of esters is 1. The molecule has 1 aliphatic heterocycles. The van der Waals surface area contributed by atoms with E-state index in [1.165, 1.54) is 12.1 Å². The van der Waals surface area contributed by atoms with Gasteiger partial charge in [0.05, 0.1) is 11.8 Å². The van der Waals surface area contributed by atoms with Crippen LogP contribution >= 0.6 is 11.3 Å². The van der Waals surface area contributed by atoms with Crippen LogP contribution in [-0.4, -0.2) is 49.3 Å². The predicted octanol–water partition coefficient (Wildman–Crippen LogP) is 4.55. The smallest absolute Gasteiger partial charge is 0.458 e. The molecule has 0 aliphatic carbocycles. The molecule has 180 valence electrons. The van der Waals surface area contributed by atoms with Crippen LogP contribution in [0.4, 0.5) is 35.4 Å². The van der Waals surface area contributed by atoms with Crippen LogP contribution in [0, 0.1) is 0 Å². The fourth-order valence-electron chi connectivity index (χ4n) is 3.09. The fourth-order valence-corrected chi connectivity index (χ4v) is 4.21. The van der Waals surface area contributed by atoms with Crippen molar-refractivity contribution >= 4 is 49.5 Å². The Bertz CT molecular complexity index is 1160. The molecule has 1 N–H and O–H groups in total. The van der Waals surface area contributed by atoms with E-state index in [4.69, 9.17) is 4.74 Å². The Labute approximate surface area is 191 Å². The molecule has 1 aliphatic rings. The van der Waals surface area contributed by atoms with E-state index in [1.807, 2.05) is 11.8 Å². The molecule has 0 atom stereocenters. The summed E-state index contributed by atoms with van der Waals surface area (Å²) in [5.41, 5.74) is -4.59. The predicted molar refractivity (Wildman–Crippen MR) is 116 cm³/mol. The molecule has 3 rings (SSSR count). The zero-order valence-electron chi connectivity index (χ0n) is 17.9. The van der Waals surface area contributed by atoms with E-state index >= 15 is 0 Å². The Morgan fingerprint density at radius 2 is 2.03 bits per heavy atom. The number of aromatic nitrogens is 2. The summed E-state index contributed by atoms with van der Waals surface area (Å²) in [6, 6.07) is 2.81. The van der Waals surface area contributed by atoms with E-state index in [9.17, 15) is 26.4 Å². The number of aryl methyl sites for hydroxylation is 1. The van der Waals surface area contributed by atoms with Crippen LogP contribution in [0.5, 0.6) is 0 Å². The van der Waals surface area contributed by atoms with Gasteiger partial charge in [-0.2, -0.15) is 21.6 Å². The van der Waals surface area contributed by atoms with Gasteiger partial charge in [-0.1, -0.05) is 11.3 Å². The van der Waals surface area contributed by atoms with E-state index in [0.29, 0.717) is 25.2 Å². The average molecular weight is 507 g/mol. The van der Waals surface area contributed by atoms with Gasteiger partial charge in [-0.15, -0.1) is 20.4 Å². The molecular formula is C18H21F3N6O4S2. The number of benzene rings is 1. The second-order valence-corrected chi connectivity index (χ2v) is 9.91. The van der Waals surface area contributed by atoms with Crippen LogP contribution in [0.25, 0.3) is 0 Å². The first-order valence-corrected chi connectivity index (χ1v) is 12.2. The topological polar surface area (TPSA) is 126 Å². The minimum Gasteiger partial charge on any atom is -0.458 e. The molecule has 0 saturated carbocycles. The number of fused-ring (bicyclic) bond motifs is 1. The second kappa shape index (κ2) is 9.59. The van der Waals surface area contributed by atoms with Crippen molar-refractivity contribution in [2.24, 2.45) is 10.2 Å². The molecule has 1 aromatic carbocycles. The number of anilines is 2. The molecule has 1 aromatic heterocycles. The number of hydrogen-bond donors (Lipinski definition) is 1. The first-order chi connectivity index (χ1) is 15.4. The number of carbonyl (C=O) groups excluding carboxylic acids is 1. The van der Waals surface area contributed by atoms with E-state index in [2.05, 4.69) is 20.4 Å². The minimum atomic E-state index is -5.68. The van der Waals surface area contributed by atoms with Crippen LogP contribution in [0.15, 0.2) is 22.4 Å². The van der Waals surface area contributed by atoms with Crippen LogP contribution < -0.4 is 9.62 Å². The Morgan fingerprint density at radius 1 is 1.30 bits per heavy atom. The Balaban J connectivity index is 1.98. The number of carbonyl (C=O) groups is 1. The third-order valence-electron chi connectivity index (χ3n) is 4.52. The maximum Gasteiger partial charge on any atom is 0.516 e. The number of hydrogen-bond acceptors (Lipinski definition) is 10. The summed E-state index contributed by atoms with van der Waals surface area (Å²) in [4.78, 5) is 13.8. The number of nitrogens with zero attached hydrogens (tertiary/aromatic N) is 5. The van der Waals surface area contributed by atoms with Crippen LogP contribution in [0.1, 0.15) is 42.6 Å².